The molecule has 0 radical (unpaired) electrons. The maximum Gasteiger partial charge on any atom is 0.119 e. The third-order valence-corrected chi connectivity index (χ3v) is 9.09. The van der Waals surface area contributed by atoms with Crippen molar-refractivity contribution in [2.45, 2.75) is 84.0 Å². The Morgan fingerprint density at radius 3 is 1.29 bits per heavy atom. The highest BCUT2D eigenvalue weighted by Crippen LogP contribution is 2.18. The van der Waals surface area contributed by atoms with Crippen molar-refractivity contribution in [3.63, 3.8) is 0 Å². The smallest absolute Gasteiger partial charge is 0.119 e. The first-order valence-electron chi connectivity index (χ1n) is 18.0. The molecule has 0 atom stereocenters. The van der Waals surface area contributed by atoms with Crippen molar-refractivity contribution in [3.8, 4) is 11.5 Å². The molecule has 0 aromatic heterocycles. The number of hydrogen-bond donors (Lipinski definition) is 0. The topological polar surface area (TPSA) is 21.7 Å². The molecular formula is C40H69N3O2+2. The van der Waals surface area contributed by atoms with Crippen LogP contribution in [0.2, 0.25) is 0 Å². The van der Waals surface area contributed by atoms with Crippen LogP contribution in [-0.4, -0.2) is 102 Å². The summed E-state index contributed by atoms with van der Waals surface area (Å²) in [5.74, 6) is 1.92. The lowest BCUT2D eigenvalue weighted by atomic mass is 10.1. The van der Waals surface area contributed by atoms with Crippen molar-refractivity contribution in [3.05, 3.63) is 59.7 Å². The molecule has 0 heterocycles. The monoisotopic (exact) mass is 624 g/mol. The van der Waals surface area contributed by atoms with Crippen LogP contribution in [0.5, 0.6) is 11.5 Å². The fraction of sp³-hybridized carbons (Fsp3) is 0.650. The second-order valence-electron chi connectivity index (χ2n) is 14.6. The van der Waals surface area contributed by atoms with Gasteiger partial charge in [-0.25, -0.2) is 0 Å². The van der Waals surface area contributed by atoms with Gasteiger partial charge < -0.3 is 23.3 Å². The van der Waals surface area contributed by atoms with Crippen LogP contribution in [0.4, 0.5) is 0 Å². The lowest BCUT2D eigenvalue weighted by Crippen LogP contribution is -2.44. The molecular weight excluding hydrogens is 554 g/mol. The van der Waals surface area contributed by atoms with Crippen molar-refractivity contribution in [2.24, 2.45) is 0 Å². The van der Waals surface area contributed by atoms with E-state index in [-0.39, 0.29) is 0 Å². The summed E-state index contributed by atoms with van der Waals surface area (Å²) >= 11 is 0. The summed E-state index contributed by atoms with van der Waals surface area (Å²) in [6.45, 7) is 10.1. The van der Waals surface area contributed by atoms with Crippen LogP contribution >= 0.6 is 0 Å². The molecule has 254 valence electrons. The van der Waals surface area contributed by atoms with E-state index in [1.807, 2.05) is 0 Å². The van der Waals surface area contributed by atoms with Gasteiger partial charge in [0.2, 0.25) is 0 Å². The van der Waals surface area contributed by atoms with Crippen molar-refractivity contribution in [2.75, 3.05) is 88.2 Å². The van der Waals surface area contributed by atoms with E-state index in [9.17, 15) is 0 Å². The molecule has 0 aliphatic rings. The molecule has 0 aliphatic carbocycles. The fourth-order valence-corrected chi connectivity index (χ4v) is 5.36. The molecule has 2 aromatic carbocycles. The molecule has 45 heavy (non-hydrogen) atoms. The molecule has 5 heteroatoms. The summed E-state index contributed by atoms with van der Waals surface area (Å²) < 4.78 is 14.2. The number of hydrogen-bond acceptors (Lipinski definition) is 3. The minimum Gasteiger partial charge on any atom is -0.494 e. The highest BCUT2D eigenvalue weighted by molar-refractivity contribution is 5.70. The van der Waals surface area contributed by atoms with E-state index in [0.717, 1.165) is 53.1 Å². The average molecular weight is 624 g/mol. The molecule has 0 aliphatic heterocycles. The Morgan fingerprint density at radius 1 is 0.511 bits per heavy atom. The van der Waals surface area contributed by atoms with E-state index in [4.69, 9.17) is 9.47 Å². The van der Waals surface area contributed by atoms with Gasteiger partial charge in [-0.2, -0.15) is 0 Å². The van der Waals surface area contributed by atoms with Crippen LogP contribution in [0, 0.1) is 0 Å². The molecule has 0 N–H and O–H groups in total. The second-order valence-corrected chi connectivity index (χ2v) is 14.6. The van der Waals surface area contributed by atoms with Crippen molar-refractivity contribution in [1.82, 2.24) is 4.90 Å². The lowest BCUT2D eigenvalue weighted by Gasteiger charge is -2.31. The largest absolute Gasteiger partial charge is 0.494 e. The highest BCUT2D eigenvalue weighted by atomic mass is 16.5. The van der Waals surface area contributed by atoms with Crippen molar-refractivity contribution < 1.29 is 18.4 Å². The van der Waals surface area contributed by atoms with Crippen molar-refractivity contribution >= 4 is 12.2 Å². The van der Waals surface area contributed by atoms with Gasteiger partial charge in [-0.15, -0.1) is 0 Å². The standard InChI is InChI=1S/C40H69N3O2/c1-8-42(4,5)32-17-13-9-11-15-19-35-44-39-27-23-37(24-28-39)21-22-38-25-29-40(30-26-38)45-36-20-16-12-10-14-18-33-43(6,7)34-31-41(2)3/h21-30H,8-20,31-36H2,1-7H3/q+2/b22-21+. The number of benzene rings is 2. The van der Waals surface area contributed by atoms with Gasteiger partial charge in [0.1, 0.15) is 11.5 Å². The Kier molecular flexibility index (Phi) is 19.2. The van der Waals surface area contributed by atoms with Crippen molar-refractivity contribution in [1.29, 1.82) is 0 Å². The number of likely N-dealkylation sites (N-methyl/N-ethyl adjacent to an activating group) is 2. The number of ether oxygens (including phenoxy) is 2. The zero-order valence-electron chi connectivity index (χ0n) is 30.4. The molecule has 0 saturated heterocycles. The zero-order chi connectivity index (χ0) is 32.8. The molecule has 0 amide bonds. The maximum absolute atomic E-state index is 5.99. The first-order chi connectivity index (χ1) is 21.6. The normalized spacial score (nSPS) is 12.4. The predicted molar refractivity (Wildman–Crippen MR) is 196 cm³/mol. The third kappa shape index (κ3) is 19.7. The number of quaternary nitrogens is 2. The molecule has 0 unspecified atom stereocenters. The molecule has 0 spiro atoms. The molecule has 5 nitrogen and oxygen atoms in total. The fourth-order valence-electron chi connectivity index (χ4n) is 5.36. The summed E-state index contributed by atoms with van der Waals surface area (Å²) in [4.78, 5) is 2.28. The van der Waals surface area contributed by atoms with Gasteiger partial charge in [0.15, 0.2) is 0 Å². The van der Waals surface area contributed by atoms with E-state index in [0.29, 0.717) is 0 Å². The van der Waals surface area contributed by atoms with Crippen LogP contribution in [-0.2, 0) is 0 Å². The second kappa shape index (κ2) is 22.2. The molecule has 0 fully saturated rings. The van der Waals surface area contributed by atoms with Crippen LogP contribution < -0.4 is 9.47 Å². The van der Waals surface area contributed by atoms with Gasteiger partial charge in [0.25, 0.3) is 0 Å². The SMILES string of the molecule is CC[N+](C)(C)CCCCCCCCOc1ccc(/C=C/c2ccc(OCCCCCCCC[N+](C)(C)CCN(C)C)cc2)cc1. The molecule has 0 saturated carbocycles. The van der Waals surface area contributed by atoms with E-state index in [2.05, 4.69) is 115 Å². The minimum atomic E-state index is 0.801. The van der Waals surface area contributed by atoms with Gasteiger partial charge in [-0.05, 0) is 94.9 Å². The Morgan fingerprint density at radius 2 is 0.889 bits per heavy atom. The molecule has 2 rings (SSSR count). The maximum atomic E-state index is 5.99. The third-order valence-electron chi connectivity index (χ3n) is 9.09. The molecule has 0 bridgehead atoms. The lowest BCUT2D eigenvalue weighted by molar-refractivity contribution is -0.890. The number of nitrogens with zero attached hydrogens (tertiary/aromatic N) is 3. The quantitative estimate of drug-likeness (QED) is 0.0593. The Labute approximate surface area is 278 Å². The highest BCUT2D eigenvalue weighted by Gasteiger charge is 2.14. The zero-order valence-corrected chi connectivity index (χ0v) is 30.4. The van der Waals surface area contributed by atoms with Crippen LogP contribution in [0.15, 0.2) is 48.5 Å². The van der Waals surface area contributed by atoms with Gasteiger partial charge in [0.05, 0.1) is 67.6 Å². The first-order valence-corrected chi connectivity index (χ1v) is 18.0. The Hall–Kier alpha value is -2.34. The predicted octanol–water partition coefficient (Wildman–Crippen LogP) is 9.03. The van der Waals surface area contributed by atoms with E-state index >= 15 is 0 Å². The first kappa shape index (κ1) is 38.8. The summed E-state index contributed by atoms with van der Waals surface area (Å²) in [5.41, 5.74) is 2.36. The summed E-state index contributed by atoms with van der Waals surface area (Å²) in [5, 5.41) is 0. The number of rotatable bonds is 26. The summed E-state index contributed by atoms with van der Waals surface area (Å²) in [6.07, 6.45) is 19.8. The average Bonchev–Trinajstić information content (AvgIpc) is 3.02. The van der Waals surface area contributed by atoms with Gasteiger partial charge in [-0.3, -0.25) is 0 Å². The Bertz CT molecular complexity index is 1030. The number of unbranched alkanes of at least 4 members (excludes halogenated alkanes) is 10. The van der Waals surface area contributed by atoms with Gasteiger partial charge in [0, 0.05) is 6.54 Å². The van der Waals surface area contributed by atoms with E-state index in [1.165, 1.54) is 102 Å². The minimum absolute atomic E-state index is 0.801. The van der Waals surface area contributed by atoms with Crippen LogP contribution in [0.25, 0.3) is 12.2 Å². The van der Waals surface area contributed by atoms with Gasteiger partial charge >= 0.3 is 0 Å². The molecule has 2 aromatic rings. The van der Waals surface area contributed by atoms with E-state index < -0.39 is 0 Å². The summed E-state index contributed by atoms with van der Waals surface area (Å²) in [7, 11) is 13.7. The summed E-state index contributed by atoms with van der Waals surface area (Å²) in [6, 6.07) is 16.9. The van der Waals surface area contributed by atoms with Gasteiger partial charge in [-0.1, -0.05) is 74.9 Å². The van der Waals surface area contributed by atoms with Crippen LogP contribution in [0.3, 0.4) is 0 Å². The Balaban J connectivity index is 1.51. The van der Waals surface area contributed by atoms with E-state index in [1.54, 1.807) is 0 Å². The van der Waals surface area contributed by atoms with Crippen LogP contribution in [0.1, 0.15) is 95.1 Å².